The van der Waals surface area contributed by atoms with Crippen molar-refractivity contribution in [1.82, 2.24) is 4.98 Å². The van der Waals surface area contributed by atoms with E-state index in [0.717, 1.165) is 16.4 Å². The molecule has 1 unspecified atom stereocenters. The van der Waals surface area contributed by atoms with E-state index in [-0.39, 0.29) is 6.04 Å². The van der Waals surface area contributed by atoms with Gasteiger partial charge in [-0.25, -0.2) is 4.98 Å². The van der Waals surface area contributed by atoms with Gasteiger partial charge in [-0.3, -0.25) is 0 Å². The number of nitriles is 1. The van der Waals surface area contributed by atoms with Crippen LogP contribution in [0.25, 0.3) is 0 Å². The summed E-state index contributed by atoms with van der Waals surface area (Å²) in [5, 5.41) is 15.9. The fraction of sp³-hybridized carbons (Fsp3) is 0.333. The molecule has 0 aliphatic rings. The van der Waals surface area contributed by atoms with Crippen LogP contribution in [0.4, 0.5) is 5.69 Å². The second kappa shape index (κ2) is 6.25. The Balaban J connectivity index is 2.12. The third-order valence-corrected chi connectivity index (χ3v) is 4.43. The molecule has 2 rings (SSSR count). The van der Waals surface area contributed by atoms with Gasteiger partial charge in [0.25, 0.3) is 0 Å². The van der Waals surface area contributed by atoms with Gasteiger partial charge in [-0.2, -0.15) is 5.26 Å². The molecule has 0 fully saturated rings. The minimum absolute atomic E-state index is 0.0998. The molecule has 5 heteroatoms. The van der Waals surface area contributed by atoms with Crippen molar-refractivity contribution in [2.45, 2.75) is 32.7 Å². The van der Waals surface area contributed by atoms with Crippen molar-refractivity contribution in [1.29, 1.82) is 5.26 Å². The fourth-order valence-electron chi connectivity index (χ4n) is 1.78. The van der Waals surface area contributed by atoms with Crippen molar-refractivity contribution in [3.05, 3.63) is 44.9 Å². The Morgan fingerprint density at radius 1 is 1.35 bits per heavy atom. The lowest BCUT2D eigenvalue weighted by Gasteiger charge is -2.13. The zero-order valence-corrected chi connectivity index (χ0v) is 13.2. The second-order valence-corrected chi connectivity index (χ2v) is 6.23. The number of hydrogen-bond acceptors (Lipinski definition) is 4. The van der Waals surface area contributed by atoms with E-state index in [2.05, 4.69) is 42.5 Å². The van der Waals surface area contributed by atoms with Gasteiger partial charge in [0.05, 0.1) is 27.3 Å². The maximum Gasteiger partial charge on any atom is 0.101 e. The first-order valence-corrected chi connectivity index (χ1v) is 7.68. The number of nitrogens with one attached hydrogen (secondary N) is 1. The van der Waals surface area contributed by atoms with Crippen molar-refractivity contribution in [2.24, 2.45) is 0 Å². The Hall–Kier alpha value is -1.57. The topological polar surface area (TPSA) is 48.7 Å². The Kier molecular flexibility index (Phi) is 4.64. The Labute approximate surface area is 128 Å². The molecule has 0 amide bonds. The van der Waals surface area contributed by atoms with Gasteiger partial charge in [0.2, 0.25) is 0 Å². The zero-order valence-electron chi connectivity index (χ0n) is 11.6. The summed E-state index contributed by atoms with van der Waals surface area (Å²) in [6.07, 6.45) is 0. The molecule has 20 heavy (non-hydrogen) atoms. The zero-order chi connectivity index (χ0) is 14.7. The van der Waals surface area contributed by atoms with Crippen LogP contribution in [0.15, 0.2) is 23.6 Å². The summed E-state index contributed by atoms with van der Waals surface area (Å²) in [6, 6.07) is 7.50. The van der Waals surface area contributed by atoms with Crippen LogP contribution >= 0.6 is 22.9 Å². The molecule has 1 atom stereocenters. The third kappa shape index (κ3) is 3.30. The van der Waals surface area contributed by atoms with Crippen LogP contribution in [0.3, 0.4) is 0 Å². The molecule has 0 aliphatic heterocycles. The van der Waals surface area contributed by atoms with Crippen LogP contribution in [-0.4, -0.2) is 4.98 Å². The molecule has 2 aromatic rings. The summed E-state index contributed by atoms with van der Waals surface area (Å²) < 4.78 is 0. The highest BCUT2D eigenvalue weighted by atomic mass is 35.5. The van der Waals surface area contributed by atoms with E-state index in [0.29, 0.717) is 16.5 Å². The van der Waals surface area contributed by atoms with Crippen LogP contribution < -0.4 is 5.32 Å². The SMILES string of the molecule is CC(C)c1nc(C(C)Nc2ccc(C#N)c(Cl)c2)cs1. The molecule has 3 nitrogen and oxygen atoms in total. The predicted molar refractivity (Wildman–Crippen MR) is 84.4 cm³/mol. The quantitative estimate of drug-likeness (QED) is 0.868. The summed E-state index contributed by atoms with van der Waals surface area (Å²) in [4.78, 5) is 4.63. The molecule has 1 aromatic carbocycles. The van der Waals surface area contributed by atoms with Crippen molar-refractivity contribution < 1.29 is 0 Å². The molecule has 1 heterocycles. The second-order valence-electron chi connectivity index (χ2n) is 4.94. The first-order chi connectivity index (χ1) is 9.51. The molecule has 0 bridgehead atoms. The lowest BCUT2D eigenvalue weighted by Crippen LogP contribution is -2.07. The molecule has 0 aliphatic carbocycles. The Morgan fingerprint density at radius 2 is 2.10 bits per heavy atom. The summed E-state index contributed by atoms with van der Waals surface area (Å²) in [5.74, 6) is 0.449. The van der Waals surface area contributed by atoms with Crippen LogP contribution in [0.1, 0.15) is 49.0 Å². The lowest BCUT2D eigenvalue weighted by atomic mass is 10.2. The van der Waals surface area contributed by atoms with Crippen molar-refractivity contribution in [3.63, 3.8) is 0 Å². The largest absolute Gasteiger partial charge is 0.377 e. The van der Waals surface area contributed by atoms with E-state index in [1.165, 1.54) is 0 Å². The standard InChI is InChI=1S/C15H16ClN3S/c1-9(2)15-19-14(8-20-15)10(3)18-12-5-4-11(7-17)13(16)6-12/h4-6,8-10,18H,1-3H3. The monoisotopic (exact) mass is 305 g/mol. The maximum atomic E-state index is 8.86. The van der Waals surface area contributed by atoms with Gasteiger partial charge in [-0.1, -0.05) is 25.4 Å². The molecule has 1 aromatic heterocycles. The van der Waals surface area contributed by atoms with Gasteiger partial charge >= 0.3 is 0 Å². The molecular weight excluding hydrogens is 290 g/mol. The average molecular weight is 306 g/mol. The predicted octanol–water partition coefficient (Wildman–Crippen LogP) is 4.96. The van der Waals surface area contributed by atoms with E-state index >= 15 is 0 Å². The molecule has 0 saturated heterocycles. The van der Waals surface area contributed by atoms with Crippen LogP contribution in [0.2, 0.25) is 5.02 Å². The fourth-order valence-corrected chi connectivity index (χ4v) is 2.94. The summed E-state index contributed by atoms with van der Waals surface area (Å²) in [5.41, 5.74) is 2.40. The van der Waals surface area contributed by atoms with Crippen LogP contribution in [-0.2, 0) is 0 Å². The summed E-state index contributed by atoms with van der Waals surface area (Å²) >= 11 is 7.71. The summed E-state index contributed by atoms with van der Waals surface area (Å²) in [7, 11) is 0. The van der Waals surface area contributed by atoms with E-state index in [1.54, 1.807) is 23.5 Å². The van der Waals surface area contributed by atoms with Crippen molar-refractivity contribution in [2.75, 3.05) is 5.32 Å². The maximum absolute atomic E-state index is 8.86. The number of aromatic nitrogens is 1. The third-order valence-electron chi connectivity index (χ3n) is 2.95. The van der Waals surface area contributed by atoms with Gasteiger partial charge < -0.3 is 5.32 Å². The molecule has 0 saturated carbocycles. The van der Waals surface area contributed by atoms with Crippen LogP contribution in [0.5, 0.6) is 0 Å². The number of halogens is 1. The van der Waals surface area contributed by atoms with Gasteiger partial charge in [0, 0.05) is 17.0 Å². The van der Waals surface area contributed by atoms with Crippen molar-refractivity contribution >= 4 is 28.6 Å². The molecule has 0 radical (unpaired) electrons. The first kappa shape index (κ1) is 14.8. The van der Waals surface area contributed by atoms with Gasteiger partial charge in [0.15, 0.2) is 0 Å². The Bertz CT molecular complexity index is 643. The summed E-state index contributed by atoms with van der Waals surface area (Å²) in [6.45, 7) is 6.34. The average Bonchev–Trinajstić information content (AvgIpc) is 2.88. The van der Waals surface area contributed by atoms with E-state index in [1.807, 2.05) is 6.07 Å². The molecular formula is C15H16ClN3S. The number of hydrogen-bond donors (Lipinski definition) is 1. The minimum Gasteiger partial charge on any atom is -0.377 e. The highest BCUT2D eigenvalue weighted by Gasteiger charge is 2.12. The van der Waals surface area contributed by atoms with Gasteiger partial charge in [0.1, 0.15) is 6.07 Å². The lowest BCUT2D eigenvalue weighted by molar-refractivity contribution is 0.802. The number of benzene rings is 1. The minimum atomic E-state index is 0.0998. The van der Waals surface area contributed by atoms with Gasteiger partial charge in [-0.15, -0.1) is 11.3 Å². The van der Waals surface area contributed by atoms with Crippen molar-refractivity contribution in [3.8, 4) is 6.07 Å². The molecule has 1 N–H and O–H groups in total. The van der Waals surface area contributed by atoms with E-state index in [9.17, 15) is 0 Å². The molecule has 0 spiro atoms. The van der Waals surface area contributed by atoms with E-state index < -0.39 is 0 Å². The smallest absolute Gasteiger partial charge is 0.101 e. The highest BCUT2D eigenvalue weighted by molar-refractivity contribution is 7.09. The van der Waals surface area contributed by atoms with Crippen LogP contribution in [0, 0.1) is 11.3 Å². The van der Waals surface area contributed by atoms with E-state index in [4.69, 9.17) is 16.9 Å². The number of nitrogens with zero attached hydrogens (tertiary/aromatic N) is 2. The highest BCUT2D eigenvalue weighted by Crippen LogP contribution is 2.27. The number of anilines is 1. The normalized spacial score (nSPS) is 12.2. The number of rotatable bonds is 4. The number of thiazole rings is 1. The first-order valence-electron chi connectivity index (χ1n) is 6.42. The molecule has 104 valence electrons. The van der Waals surface area contributed by atoms with Gasteiger partial charge in [-0.05, 0) is 25.1 Å². The Morgan fingerprint density at radius 3 is 2.65 bits per heavy atom.